The number of anilines is 2. The van der Waals surface area contributed by atoms with E-state index in [1.54, 1.807) is 6.07 Å². The fraction of sp³-hybridized carbons (Fsp3) is 0.276. The van der Waals surface area contributed by atoms with Crippen LogP contribution in [0.4, 0.5) is 29.1 Å². The zero-order valence-corrected chi connectivity index (χ0v) is 22.5. The predicted molar refractivity (Wildman–Crippen MR) is 144 cm³/mol. The van der Waals surface area contributed by atoms with Gasteiger partial charge in [0.25, 0.3) is 11.8 Å². The summed E-state index contributed by atoms with van der Waals surface area (Å²) in [7, 11) is 0. The van der Waals surface area contributed by atoms with Crippen molar-refractivity contribution in [1.82, 2.24) is 10.3 Å². The summed E-state index contributed by atoms with van der Waals surface area (Å²) in [6.07, 6.45) is -0.633. The van der Waals surface area contributed by atoms with Gasteiger partial charge >= 0.3 is 0 Å². The van der Waals surface area contributed by atoms with Gasteiger partial charge in [-0.05, 0) is 42.3 Å². The molecule has 1 aliphatic carbocycles. The van der Waals surface area contributed by atoms with E-state index < -0.39 is 71.3 Å². The molecule has 0 spiro atoms. The Labute approximate surface area is 242 Å². The number of nitrogens with zero attached hydrogens (tertiary/aromatic N) is 3. The van der Waals surface area contributed by atoms with Gasteiger partial charge in [0, 0.05) is 36.5 Å². The summed E-state index contributed by atoms with van der Waals surface area (Å²) >= 11 is 6.52. The van der Waals surface area contributed by atoms with E-state index in [-0.39, 0.29) is 34.8 Å². The Morgan fingerprint density at radius 2 is 1.86 bits per heavy atom. The minimum absolute atomic E-state index is 0.0266. The molecule has 216 valence electrons. The molecule has 1 aliphatic heterocycles. The summed E-state index contributed by atoms with van der Waals surface area (Å²) in [6, 6.07) is 12.7. The fourth-order valence-corrected chi connectivity index (χ4v) is 5.75. The van der Waals surface area contributed by atoms with Crippen LogP contribution in [0.25, 0.3) is 0 Å². The van der Waals surface area contributed by atoms with E-state index >= 15 is 0 Å². The molecule has 1 aromatic heterocycles. The third kappa shape index (κ3) is 5.16. The molecule has 1 saturated carbocycles. The van der Waals surface area contributed by atoms with E-state index in [4.69, 9.17) is 11.6 Å². The molecule has 2 atom stereocenters. The molecular weight excluding hydrogens is 578 g/mol. The lowest BCUT2D eigenvalue weighted by atomic mass is 9.74. The Hall–Kier alpha value is -4.50. The quantitative estimate of drug-likeness (QED) is 0.367. The number of carbonyl (C=O) groups is 3. The van der Waals surface area contributed by atoms with Gasteiger partial charge < -0.3 is 10.6 Å². The van der Waals surface area contributed by atoms with Crippen molar-refractivity contribution in [2.24, 2.45) is 0 Å². The van der Waals surface area contributed by atoms with Gasteiger partial charge in [-0.1, -0.05) is 35.9 Å². The van der Waals surface area contributed by atoms with Crippen molar-refractivity contribution < 1.29 is 31.9 Å². The van der Waals surface area contributed by atoms with Crippen molar-refractivity contribution in [2.45, 2.75) is 49.1 Å². The second-order valence-electron chi connectivity index (χ2n) is 10.1. The summed E-state index contributed by atoms with van der Waals surface area (Å²) in [5, 5.41) is 14.4. The number of pyridine rings is 1. The van der Waals surface area contributed by atoms with Crippen LogP contribution in [-0.4, -0.2) is 40.2 Å². The van der Waals surface area contributed by atoms with Crippen molar-refractivity contribution in [1.29, 1.82) is 5.26 Å². The maximum atomic E-state index is 14.7. The molecule has 1 unspecified atom stereocenters. The first-order valence-corrected chi connectivity index (χ1v) is 13.2. The molecule has 3 aromatic rings. The zero-order chi connectivity index (χ0) is 30.2. The lowest BCUT2D eigenvalue weighted by Gasteiger charge is -2.43. The van der Waals surface area contributed by atoms with Gasteiger partial charge in [-0.3, -0.25) is 19.3 Å². The van der Waals surface area contributed by atoms with Crippen molar-refractivity contribution in [3.8, 4) is 6.07 Å². The number of carbonyl (C=O) groups excluding carboxylic acids is 3. The monoisotopic (exact) mass is 599 g/mol. The molecule has 3 amide bonds. The molecule has 2 heterocycles. The van der Waals surface area contributed by atoms with Crippen molar-refractivity contribution >= 4 is 40.8 Å². The van der Waals surface area contributed by atoms with E-state index in [0.717, 1.165) is 23.1 Å². The lowest BCUT2D eigenvalue weighted by molar-refractivity contribution is -0.136. The largest absolute Gasteiger partial charge is 0.352 e. The first-order chi connectivity index (χ1) is 20.0. The third-order valence-electron chi connectivity index (χ3n) is 7.46. The third-order valence-corrected chi connectivity index (χ3v) is 7.80. The minimum Gasteiger partial charge on any atom is -0.352 e. The molecule has 5 rings (SSSR count). The second kappa shape index (κ2) is 11.1. The SMILES string of the molecule is N#Cc1ccnc(N2C(=O)CCC2(C(=O)Nc2cccc(F)c2F)[C@@H](C(=O)NC2CC(F)(F)C2)c2ccccc2Cl)c1. The minimum atomic E-state index is -2.97. The molecule has 13 heteroatoms. The number of nitrogens with one attached hydrogen (secondary N) is 2. The number of nitriles is 1. The van der Waals surface area contributed by atoms with Crippen LogP contribution in [0.2, 0.25) is 5.02 Å². The molecule has 8 nitrogen and oxygen atoms in total. The maximum absolute atomic E-state index is 14.7. The van der Waals surface area contributed by atoms with Gasteiger partial charge in [0.15, 0.2) is 11.6 Å². The van der Waals surface area contributed by atoms with Crippen LogP contribution in [0.15, 0.2) is 60.8 Å². The van der Waals surface area contributed by atoms with Gasteiger partial charge in [0.1, 0.15) is 11.4 Å². The van der Waals surface area contributed by atoms with Crippen LogP contribution < -0.4 is 15.5 Å². The molecule has 2 aromatic carbocycles. The van der Waals surface area contributed by atoms with Gasteiger partial charge in [0.05, 0.1) is 23.2 Å². The second-order valence-corrected chi connectivity index (χ2v) is 10.6. The van der Waals surface area contributed by atoms with Crippen LogP contribution >= 0.6 is 11.6 Å². The molecule has 0 bridgehead atoms. The number of amides is 3. The van der Waals surface area contributed by atoms with Gasteiger partial charge in [-0.25, -0.2) is 22.5 Å². The van der Waals surface area contributed by atoms with Crippen LogP contribution in [0.3, 0.4) is 0 Å². The standard InChI is InChI=1S/C29H22ClF4N5O3/c30-19-5-2-1-4-18(19)24(26(41)37-17-13-28(33,34)14-17)29(27(42)38-21-7-3-6-20(31)25(21)32)10-8-23(40)39(29)22-12-16(15-35)9-11-36-22/h1-7,9,11-12,17,24H,8,10,13-14H2,(H,37,41)(H,38,42)/t24-,29?/m1/s1. The fourth-order valence-electron chi connectivity index (χ4n) is 5.51. The van der Waals surface area contributed by atoms with E-state index in [9.17, 15) is 37.2 Å². The smallest absolute Gasteiger partial charge is 0.252 e. The summed E-state index contributed by atoms with van der Waals surface area (Å²) in [4.78, 5) is 47.0. The normalized spacial score (nSPS) is 20.4. The van der Waals surface area contributed by atoms with Crippen LogP contribution in [-0.2, 0) is 14.4 Å². The Kier molecular flexibility index (Phi) is 7.64. The summed E-state index contributed by atoms with van der Waals surface area (Å²) in [6.45, 7) is 0. The van der Waals surface area contributed by atoms with E-state index in [2.05, 4.69) is 15.6 Å². The highest BCUT2D eigenvalue weighted by Gasteiger charge is 2.61. The first-order valence-electron chi connectivity index (χ1n) is 12.8. The maximum Gasteiger partial charge on any atom is 0.252 e. The number of rotatable bonds is 7. The topological polar surface area (TPSA) is 115 Å². The summed E-state index contributed by atoms with van der Waals surface area (Å²) < 4.78 is 56.1. The Bertz CT molecular complexity index is 1620. The van der Waals surface area contributed by atoms with Gasteiger partial charge in [0.2, 0.25) is 11.8 Å². The van der Waals surface area contributed by atoms with Gasteiger partial charge in [-0.15, -0.1) is 0 Å². The Morgan fingerprint density at radius 1 is 1.12 bits per heavy atom. The molecule has 42 heavy (non-hydrogen) atoms. The Balaban J connectivity index is 1.71. The lowest BCUT2D eigenvalue weighted by Crippen LogP contribution is -2.63. The number of alkyl halides is 2. The number of hydrogen-bond acceptors (Lipinski definition) is 5. The highest BCUT2D eigenvalue weighted by Crippen LogP contribution is 2.48. The summed E-state index contributed by atoms with van der Waals surface area (Å²) in [5.74, 6) is -10.0. The molecule has 1 saturated heterocycles. The number of hydrogen-bond donors (Lipinski definition) is 2. The van der Waals surface area contributed by atoms with Crippen molar-refractivity contribution in [2.75, 3.05) is 10.2 Å². The van der Waals surface area contributed by atoms with Crippen molar-refractivity contribution in [3.63, 3.8) is 0 Å². The first kappa shape index (κ1) is 29.0. The highest BCUT2D eigenvalue weighted by molar-refractivity contribution is 6.32. The van der Waals surface area contributed by atoms with Crippen LogP contribution in [0.1, 0.15) is 42.7 Å². The average molecular weight is 600 g/mol. The molecule has 2 N–H and O–H groups in total. The summed E-state index contributed by atoms with van der Waals surface area (Å²) in [5.41, 5.74) is -2.61. The molecular formula is C29H22ClF4N5O3. The van der Waals surface area contributed by atoms with E-state index in [0.29, 0.717) is 0 Å². The van der Waals surface area contributed by atoms with Gasteiger partial charge in [-0.2, -0.15) is 5.26 Å². The number of aromatic nitrogens is 1. The zero-order valence-electron chi connectivity index (χ0n) is 21.7. The average Bonchev–Trinajstić information content (AvgIpc) is 3.29. The number of halogens is 5. The van der Waals surface area contributed by atoms with E-state index in [1.165, 1.54) is 36.5 Å². The molecule has 0 radical (unpaired) electrons. The predicted octanol–water partition coefficient (Wildman–Crippen LogP) is 5.09. The van der Waals surface area contributed by atoms with Crippen molar-refractivity contribution in [3.05, 3.63) is 88.6 Å². The van der Waals surface area contributed by atoms with Crippen LogP contribution in [0.5, 0.6) is 0 Å². The molecule has 2 fully saturated rings. The number of benzene rings is 2. The van der Waals surface area contributed by atoms with Crippen LogP contribution in [0, 0.1) is 23.0 Å². The Morgan fingerprint density at radius 3 is 2.55 bits per heavy atom. The highest BCUT2D eigenvalue weighted by atomic mass is 35.5. The van der Waals surface area contributed by atoms with E-state index in [1.807, 2.05) is 6.07 Å². The molecule has 2 aliphatic rings.